The van der Waals surface area contributed by atoms with Crippen LogP contribution in [0.2, 0.25) is 0 Å². The molecule has 0 saturated heterocycles. The fourth-order valence-electron chi connectivity index (χ4n) is 1.60. The normalized spacial score (nSPS) is 10.4. The monoisotopic (exact) mass is 431 g/mol. The van der Waals surface area contributed by atoms with Crippen molar-refractivity contribution in [3.05, 3.63) is 60.9 Å². The Labute approximate surface area is 132 Å². The SMILES string of the molecule is Cc1ccc(CNc2c(Br)cccc2Br)cc1Br. The van der Waals surface area contributed by atoms with E-state index in [9.17, 15) is 0 Å². The second-order valence-corrected chi connectivity index (χ2v) is 6.60. The molecule has 18 heavy (non-hydrogen) atoms. The topological polar surface area (TPSA) is 12.0 Å². The third-order valence-corrected chi connectivity index (χ3v) is 4.84. The van der Waals surface area contributed by atoms with Gasteiger partial charge in [-0.15, -0.1) is 0 Å². The highest BCUT2D eigenvalue weighted by Gasteiger charge is 2.04. The molecule has 2 aromatic rings. The molecule has 0 amide bonds. The van der Waals surface area contributed by atoms with Gasteiger partial charge in [0.15, 0.2) is 0 Å². The molecule has 1 N–H and O–H groups in total. The van der Waals surface area contributed by atoms with Crippen LogP contribution in [0.5, 0.6) is 0 Å². The van der Waals surface area contributed by atoms with Gasteiger partial charge in [0.1, 0.15) is 0 Å². The van der Waals surface area contributed by atoms with Crippen LogP contribution >= 0.6 is 47.8 Å². The Hall–Kier alpha value is -0.320. The van der Waals surface area contributed by atoms with Crippen LogP contribution in [0.3, 0.4) is 0 Å². The summed E-state index contributed by atoms with van der Waals surface area (Å²) in [6, 6.07) is 12.5. The Morgan fingerprint density at radius 1 is 0.944 bits per heavy atom. The Balaban J connectivity index is 2.14. The van der Waals surface area contributed by atoms with Gasteiger partial charge in [0.2, 0.25) is 0 Å². The first-order valence-corrected chi connectivity index (χ1v) is 7.89. The van der Waals surface area contributed by atoms with Crippen molar-refractivity contribution in [2.45, 2.75) is 13.5 Å². The first-order chi connectivity index (χ1) is 8.58. The minimum atomic E-state index is 0.792. The highest BCUT2D eigenvalue weighted by Crippen LogP contribution is 2.31. The summed E-state index contributed by atoms with van der Waals surface area (Å²) in [6.07, 6.45) is 0. The summed E-state index contributed by atoms with van der Waals surface area (Å²) in [7, 11) is 0. The van der Waals surface area contributed by atoms with Crippen molar-refractivity contribution in [1.82, 2.24) is 0 Å². The lowest BCUT2D eigenvalue weighted by atomic mass is 10.1. The highest BCUT2D eigenvalue weighted by molar-refractivity contribution is 9.11. The van der Waals surface area contributed by atoms with Crippen molar-refractivity contribution < 1.29 is 0 Å². The van der Waals surface area contributed by atoms with Crippen molar-refractivity contribution >= 4 is 53.5 Å². The van der Waals surface area contributed by atoms with Crippen LogP contribution in [0, 0.1) is 6.92 Å². The van der Waals surface area contributed by atoms with Crippen LogP contribution in [0.25, 0.3) is 0 Å². The maximum Gasteiger partial charge on any atom is 0.0631 e. The third kappa shape index (κ3) is 3.37. The van der Waals surface area contributed by atoms with E-state index < -0.39 is 0 Å². The molecule has 0 aliphatic carbocycles. The van der Waals surface area contributed by atoms with E-state index in [1.165, 1.54) is 11.1 Å². The number of hydrogen-bond donors (Lipinski definition) is 1. The number of benzene rings is 2. The minimum absolute atomic E-state index is 0.792. The lowest BCUT2D eigenvalue weighted by molar-refractivity contribution is 1.13. The average molecular weight is 434 g/mol. The molecule has 0 aliphatic rings. The highest BCUT2D eigenvalue weighted by atomic mass is 79.9. The predicted molar refractivity (Wildman–Crippen MR) is 88.0 cm³/mol. The first-order valence-electron chi connectivity index (χ1n) is 5.51. The van der Waals surface area contributed by atoms with Crippen LogP contribution in [0.1, 0.15) is 11.1 Å². The van der Waals surface area contributed by atoms with Crippen LogP contribution in [-0.4, -0.2) is 0 Å². The smallest absolute Gasteiger partial charge is 0.0631 e. The molecule has 0 heterocycles. The van der Waals surface area contributed by atoms with E-state index in [0.717, 1.165) is 25.7 Å². The van der Waals surface area contributed by atoms with Gasteiger partial charge in [-0.25, -0.2) is 0 Å². The molecule has 0 radical (unpaired) electrons. The molecule has 1 nitrogen and oxygen atoms in total. The van der Waals surface area contributed by atoms with Gasteiger partial charge in [-0.1, -0.05) is 34.1 Å². The lowest BCUT2D eigenvalue weighted by Gasteiger charge is -2.11. The minimum Gasteiger partial charge on any atom is -0.379 e. The van der Waals surface area contributed by atoms with Crippen molar-refractivity contribution in [2.75, 3.05) is 5.32 Å². The first kappa shape index (κ1) is 14.1. The van der Waals surface area contributed by atoms with Gasteiger partial charge in [-0.2, -0.15) is 0 Å². The number of nitrogens with one attached hydrogen (secondary N) is 1. The third-order valence-electron chi connectivity index (χ3n) is 2.67. The summed E-state index contributed by atoms with van der Waals surface area (Å²) in [5.41, 5.74) is 3.57. The molecule has 4 heteroatoms. The van der Waals surface area contributed by atoms with E-state index in [2.05, 4.69) is 78.2 Å². The number of halogens is 3. The van der Waals surface area contributed by atoms with Crippen molar-refractivity contribution in [3.8, 4) is 0 Å². The molecule has 0 aliphatic heterocycles. The Morgan fingerprint density at radius 2 is 1.61 bits per heavy atom. The zero-order valence-electron chi connectivity index (χ0n) is 9.81. The zero-order valence-corrected chi connectivity index (χ0v) is 14.6. The van der Waals surface area contributed by atoms with Gasteiger partial charge in [-0.3, -0.25) is 0 Å². The quantitative estimate of drug-likeness (QED) is 0.635. The standard InChI is InChI=1S/C14H12Br3N/c1-9-5-6-10(7-13(9)17)8-18-14-11(15)3-2-4-12(14)16/h2-7,18H,8H2,1H3. The van der Waals surface area contributed by atoms with Crippen LogP contribution in [-0.2, 0) is 6.54 Å². The van der Waals surface area contributed by atoms with Gasteiger partial charge < -0.3 is 5.32 Å². The molecular formula is C14H12Br3N. The maximum absolute atomic E-state index is 3.55. The van der Waals surface area contributed by atoms with Gasteiger partial charge >= 0.3 is 0 Å². The van der Waals surface area contributed by atoms with E-state index in [-0.39, 0.29) is 0 Å². The fraction of sp³-hybridized carbons (Fsp3) is 0.143. The number of para-hydroxylation sites is 1. The molecule has 2 aromatic carbocycles. The van der Waals surface area contributed by atoms with E-state index in [0.29, 0.717) is 0 Å². The van der Waals surface area contributed by atoms with Gasteiger partial charge in [0.25, 0.3) is 0 Å². The summed E-state index contributed by atoms with van der Waals surface area (Å²) >= 11 is 10.6. The van der Waals surface area contributed by atoms with Crippen molar-refractivity contribution in [3.63, 3.8) is 0 Å². The van der Waals surface area contributed by atoms with Crippen LogP contribution in [0.15, 0.2) is 49.8 Å². The fourth-order valence-corrected chi connectivity index (χ4v) is 3.31. The zero-order chi connectivity index (χ0) is 13.1. The number of anilines is 1. The lowest BCUT2D eigenvalue weighted by Crippen LogP contribution is -2.01. The summed E-state index contributed by atoms with van der Waals surface area (Å²) in [5.74, 6) is 0. The summed E-state index contributed by atoms with van der Waals surface area (Å²) in [4.78, 5) is 0. The second kappa shape index (κ2) is 6.22. The van der Waals surface area contributed by atoms with E-state index in [1.807, 2.05) is 18.2 Å². The van der Waals surface area contributed by atoms with Gasteiger partial charge in [0.05, 0.1) is 5.69 Å². The Kier molecular flexibility index (Phi) is 4.87. The van der Waals surface area contributed by atoms with Crippen molar-refractivity contribution in [2.24, 2.45) is 0 Å². The second-order valence-electron chi connectivity index (χ2n) is 4.03. The summed E-state index contributed by atoms with van der Waals surface area (Å²) < 4.78 is 3.26. The molecule has 2 rings (SSSR count). The van der Waals surface area contributed by atoms with Crippen molar-refractivity contribution in [1.29, 1.82) is 0 Å². The molecule has 0 fully saturated rings. The molecule has 0 spiro atoms. The molecule has 0 bridgehead atoms. The molecule has 0 saturated carbocycles. The summed E-state index contributed by atoms with van der Waals surface area (Å²) in [5, 5.41) is 3.43. The average Bonchev–Trinajstić information content (AvgIpc) is 2.33. The Morgan fingerprint density at radius 3 is 2.22 bits per heavy atom. The molecule has 94 valence electrons. The number of rotatable bonds is 3. The molecular weight excluding hydrogens is 422 g/mol. The van der Waals surface area contributed by atoms with E-state index in [1.54, 1.807) is 0 Å². The van der Waals surface area contributed by atoms with Gasteiger partial charge in [0, 0.05) is 20.0 Å². The number of aryl methyl sites for hydroxylation is 1. The number of hydrogen-bond acceptors (Lipinski definition) is 1. The predicted octanol–water partition coefficient (Wildman–Crippen LogP) is 5.89. The van der Waals surface area contributed by atoms with E-state index in [4.69, 9.17) is 0 Å². The van der Waals surface area contributed by atoms with E-state index >= 15 is 0 Å². The summed E-state index contributed by atoms with van der Waals surface area (Å²) in [6.45, 7) is 2.88. The molecule has 0 atom stereocenters. The van der Waals surface area contributed by atoms with Crippen LogP contribution < -0.4 is 5.32 Å². The Bertz CT molecular complexity index is 547. The maximum atomic E-state index is 3.55. The molecule has 0 aromatic heterocycles. The van der Waals surface area contributed by atoms with Crippen LogP contribution in [0.4, 0.5) is 5.69 Å². The van der Waals surface area contributed by atoms with Gasteiger partial charge in [-0.05, 0) is 68.1 Å². The largest absolute Gasteiger partial charge is 0.379 e. The molecule has 0 unspecified atom stereocenters.